The van der Waals surface area contributed by atoms with Gasteiger partial charge in [-0.3, -0.25) is 14.2 Å². The number of alkyl halides is 1. The van der Waals surface area contributed by atoms with Gasteiger partial charge < -0.3 is 4.90 Å². The molecule has 7 rings (SSSR count). The Hall–Kier alpha value is -4.13. The number of carbonyl (C=O) groups is 1. The zero-order valence-electron chi connectivity index (χ0n) is 19.6. The third-order valence-corrected chi connectivity index (χ3v) is 7.64. The number of hydrogen-bond donors (Lipinski definition) is 0. The summed E-state index contributed by atoms with van der Waals surface area (Å²) in [6, 6.07) is 18.1. The van der Waals surface area contributed by atoms with E-state index >= 15 is 0 Å². The van der Waals surface area contributed by atoms with Crippen LogP contribution in [0.1, 0.15) is 40.9 Å². The van der Waals surface area contributed by atoms with Crippen molar-refractivity contribution >= 4 is 22.6 Å². The molecule has 1 aliphatic heterocycles. The lowest BCUT2D eigenvalue weighted by Crippen LogP contribution is -2.28. The van der Waals surface area contributed by atoms with Gasteiger partial charge in [-0.15, -0.1) is 0 Å². The van der Waals surface area contributed by atoms with Gasteiger partial charge >= 0.3 is 0 Å². The number of likely N-dealkylation sites (tertiary alicyclic amines) is 1. The molecule has 178 valence electrons. The summed E-state index contributed by atoms with van der Waals surface area (Å²) in [5.41, 5.74) is 5.82. The Balaban J connectivity index is 1.22. The molecule has 2 aromatic carbocycles. The number of halogens is 1. The molecule has 1 saturated carbocycles. The Morgan fingerprint density at radius 3 is 2.58 bits per heavy atom. The molecule has 1 aliphatic carbocycles. The number of rotatable bonds is 4. The number of imidazole rings is 1. The largest absolute Gasteiger partial charge is 0.336 e. The van der Waals surface area contributed by atoms with Crippen LogP contribution in [0.15, 0.2) is 79.4 Å². The van der Waals surface area contributed by atoms with Gasteiger partial charge in [0.1, 0.15) is 6.17 Å². The van der Waals surface area contributed by atoms with Crippen LogP contribution in [0, 0.1) is 0 Å². The summed E-state index contributed by atoms with van der Waals surface area (Å²) in [6.07, 6.45) is 9.28. The SMILES string of the molecule is O=C(c1ccc(-c2cnc3ncc(C4(c5ccc6ncccc6c5)CC4)n3c2)cc1)N1CC[C@H](F)C1. The third kappa shape index (κ3) is 3.38. The van der Waals surface area contributed by atoms with Crippen molar-refractivity contribution in [2.45, 2.75) is 30.8 Å². The number of aromatic nitrogens is 4. The van der Waals surface area contributed by atoms with Crippen LogP contribution in [0.25, 0.3) is 27.8 Å². The van der Waals surface area contributed by atoms with Crippen LogP contribution >= 0.6 is 0 Å². The molecule has 1 atom stereocenters. The average Bonchev–Trinajstić information content (AvgIpc) is 3.42. The summed E-state index contributed by atoms with van der Waals surface area (Å²) in [7, 11) is 0. The molecule has 6 nitrogen and oxygen atoms in total. The molecule has 0 bridgehead atoms. The Bertz CT molecular complexity index is 1620. The molecule has 5 aromatic rings. The van der Waals surface area contributed by atoms with Crippen molar-refractivity contribution in [1.82, 2.24) is 24.3 Å². The number of carbonyl (C=O) groups excluding carboxylic acids is 1. The maximum absolute atomic E-state index is 13.5. The summed E-state index contributed by atoms with van der Waals surface area (Å²) in [5, 5.41) is 1.14. The maximum Gasteiger partial charge on any atom is 0.253 e. The van der Waals surface area contributed by atoms with Crippen LogP contribution in [0.4, 0.5) is 4.39 Å². The summed E-state index contributed by atoms with van der Waals surface area (Å²) in [4.78, 5) is 27.9. The summed E-state index contributed by atoms with van der Waals surface area (Å²) in [5.74, 6) is 0.553. The molecule has 4 heterocycles. The van der Waals surface area contributed by atoms with Crippen molar-refractivity contribution in [2.75, 3.05) is 13.1 Å². The second-order valence-corrected chi connectivity index (χ2v) is 9.86. The van der Waals surface area contributed by atoms with Gasteiger partial charge in [-0.1, -0.05) is 24.3 Å². The fraction of sp³-hybridized carbons (Fsp3) is 0.241. The van der Waals surface area contributed by atoms with Crippen LogP contribution in [-0.4, -0.2) is 49.4 Å². The first-order valence-electron chi connectivity index (χ1n) is 12.3. The lowest BCUT2D eigenvalue weighted by Gasteiger charge is -2.17. The lowest BCUT2D eigenvalue weighted by molar-refractivity contribution is 0.0783. The second-order valence-electron chi connectivity index (χ2n) is 9.86. The predicted octanol–water partition coefficient (Wildman–Crippen LogP) is 5.21. The number of hydrogen-bond acceptors (Lipinski definition) is 4. The number of benzene rings is 2. The minimum atomic E-state index is -0.920. The zero-order chi connectivity index (χ0) is 24.3. The molecule has 2 fully saturated rings. The molecule has 1 amide bonds. The van der Waals surface area contributed by atoms with Crippen molar-refractivity contribution < 1.29 is 9.18 Å². The van der Waals surface area contributed by atoms with Gasteiger partial charge in [-0.05, 0) is 60.7 Å². The normalized spacial score (nSPS) is 18.7. The van der Waals surface area contributed by atoms with E-state index < -0.39 is 6.17 Å². The van der Waals surface area contributed by atoms with E-state index in [0.29, 0.717) is 24.3 Å². The molecule has 0 N–H and O–H groups in total. The Kier molecular flexibility index (Phi) is 4.67. The van der Waals surface area contributed by atoms with Crippen LogP contribution < -0.4 is 0 Å². The summed E-state index contributed by atoms with van der Waals surface area (Å²) in [6.45, 7) is 0.654. The minimum absolute atomic E-state index is 0.0793. The van der Waals surface area contributed by atoms with E-state index in [1.807, 2.05) is 48.9 Å². The van der Waals surface area contributed by atoms with E-state index in [9.17, 15) is 9.18 Å². The lowest BCUT2D eigenvalue weighted by atomic mass is 9.91. The van der Waals surface area contributed by atoms with Crippen molar-refractivity contribution in [3.63, 3.8) is 0 Å². The first kappa shape index (κ1) is 21.2. The van der Waals surface area contributed by atoms with E-state index in [0.717, 1.165) is 40.6 Å². The van der Waals surface area contributed by atoms with E-state index in [4.69, 9.17) is 0 Å². The van der Waals surface area contributed by atoms with Gasteiger partial charge in [-0.2, -0.15) is 0 Å². The summed E-state index contributed by atoms with van der Waals surface area (Å²) >= 11 is 0. The summed E-state index contributed by atoms with van der Waals surface area (Å²) < 4.78 is 15.6. The van der Waals surface area contributed by atoms with Crippen molar-refractivity contribution in [3.05, 3.63) is 96.2 Å². The molecule has 0 radical (unpaired) electrons. The molecule has 0 spiro atoms. The number of fused-ring (bicyclic) bond motifs is 2. The highest BCUT2D eigenvalue weighted by molar-refractivity contribution is 5.95. The van der Waals surface area contributed by atoms with Crippen LogP contribution in [-0.2, 0) is 5.41 Å². The van der Waals surface area contributed by atoms with Gasteiger partial charge in [0.15, 0.2) is 0 Å². The van der Waals surface area contributed by atoms with Gasteiger partial charge in [-0.25, -0.2) is 14.4 Å². The quantitative estimate of drug-likeness (QED) is 0.357. The minimum Gasteiger partial charge on any atom is -0.336 e. The highest BCUT2D eigenvalue weighted by Crippen LogP contribution is 2.53. The monoisotopic (exact) mass is 477 g/mol. The molecule has 36 heavy (non-hydrogen) atoms. The fourth-order valence-corrected chi connectivity index (χ4v) is 5.46. The zero-order valence-corrected chi connectivity index (χ0v) is 19.6. The fourth-order valence-electron chi connectivity index (χ4n) is 5.46. The van der Waals surface area contributed by atoms with Crippen molar-refractivity contribution in [2.24, 2.45) is 0 Å². The Morgan fingerprint density at radius 2 is 1.81 bits per heavy atom. The van der Waals surface area contributed by atoms with Crippen molar-refractivity contribution in [3.8, 4) is 11.1 Å². The highest BCUT2D eigenvalue weighted by Gasteiger charge is 2.48. The Labute approximate surface area is 207 Å². The number of pyridine rings is 1. The molecule has 2 aliphatic rings. The molecule has 0 unspecified atom stereocenters. The van der Waals surface area contributed by atoms with Gasteiger partial charge in [0.2, 0.25) is 5.78 Å². The van der Waals surface area contributed by atoms with Crippen LogP contribution in [0.5, 0.6) is 0 Å². The molecule has 1 saturated heterocycles. The standard InChI is InChI=1S/C29H24FN5O/c30-24-9-13-34(18-24)27(36)20-5-3-19(4-6-20)22-15-32-28-33-16-26(35(28)17-22)29(10-11-29)23-7-8-25-21(14-23)2-1-12-31-25/h1-8,12,14-17,24H,9-11,13,18H2/t24-/m0/s1. The molecular weight excluding hydrogens is 453 g/mol. The number of nitrogens with zero attached hydrogens (tertiary/aromatic N) is 5. The van der Waals surface area contributed by atoms with Crippen molar-refractivity contribution in [1.29, 1.82) is 0 Å². The topological polar surface area (TPSA) is 63.4 Å². The van der Waals surface area contributed by atoms with Gasteiger partial charge in [0.25, 0.3) is 5.91 Å². The number of amides is 1. The van der Waals surface area contributed by atoms with Crippen LogP contribution in [0.2, 0.25) is 0 Å². The van der Waals surface area contributed by atoms with E-state index in [2.05, 4.69) is 49.8 Å². The molecule has 7 heteroatoms. The third-order valence-electron chi connectivity index (χ3n) is 7.64. The first-order valence-corrected chi connectivity index (χ1v) is 12.3. The predicted molar refractivity (Wildman–Crippen MR) is 136 cm³/mol. The second kappa shape index (κ2) is 7.95. The van der Waals surface area contributed by atoms with Gasteiger partial charge in [0, 0.05) is 47.1 Å². The van der Waals surface area contributed by atoms with E-state index in [1.165, 1.54) is 5.56 Å². The Morgan fingerprint density at radius 1 is 0.972 bits per heavy atom. The van der Waals surface area contributed by atoms with E-state index in [-0.39, 0.29) is 17.9 Å². The first-order chi connectivity index (χ1) is 17.6. The molecular formula is C29H24FN5O. The average molecular weight is 478 g/mol. The van der Waals surface area contributed by atoms with E-state index in [1.54, 1.807) is 4.90 Å². The molecule has 3 aromatic heterocycles. The maximum atomic E-state index is 13.5. The van der Waals surface area contributed by atoms with Crippen LogP contribution in [0.3, 0.4) is 0 Å². The highest BCUT2D eigenvalue weighted by atomic mass is 19.1. The van der Waals surface area contributed by atoms with Gasteiger partial charge in [0.05, 0.1) is 24.0 Å². The smallest absolute Gasteiger partial charge is 0.253 e.